The molecule has 0 spiro atoms. The minimum Gasteiger partial charge on any atom is -0.393 e. The van der Waals surface area contributed by atoms with Gasteiger partial charge in [0.1, 0.15) is 0 Å². The van der Waals surface area contributed by atoms with Crippen LogP contribution < -0.4 is 0 Å². The van der Waals surface area contributed by atoms with Crippen LogP contribution in [-0.4, -0.2) is 11.2 Å². The number of fused-ring (bicyclic) bond motifs is 3. The van der Waals surface area contributed by atoms with Gasteiger partial charge in [-0.25, -0.2) is 0 Å². The van der Waals surface area contributed by atoms with E-state index < -0.39 is 0 Å². The SMILES string of the molecule is CC[C@@]1(C)CC=C2C(CCC3[C@](C)(C(C)O)CCC[C@@]23C)C1. The summed E-state index contributed by atoms with van der Waals surface area (Å²) in [5.41, 5.74) is 2.77. The lowest BCUT2D eigenvalue weighted by Gasteiger charge is -2.60. The lowest BCUT2D eigenvalue weighted by molar-refractivity contribution is -0.0926. The van der Waals surface area contributed by atoms with Gasteiger partial charge in [-0.3, -0.25) is 0 Å². The third kappa shape index (κ3) is 2.30. The van der Waals surface area contributed by atoms with Crippen molar-refractivity contribution in [2.24, 2.45) is 28.1 Å². The van der Waals surface area contributed by atoms with Gasteiger partial charge in [0.05, 0.1) is 6.10 Å². The van der Waals surface area contributed by atoms with E-state index in [1.807, 2.05) is 6.92 Å². The molecule has 126 valence electrons. The molecule has 2 fully saturated rings. The molecule has 6 atom stereocenters. The minimum absolute atomic E-state index is 0.115. The second kappa shape index (κ2) is 5.36. The molecule has 3 rings (SSSR count). The van der Waals surface area contributed by atoms with Crippen molar-refractivity contribution >= 4 is 0 Å². The smallest absolute Gasteiger partial charge is 0.0568 e. The number of rotatable bonds is 2. The topological polar surface area (TPSA) is 20.2 Å². The summed E-state index contributed by atoms with van der Waals surface area (Å²) in [5, 5.41) is 10.5. The van der Waals surface area contributed by atoms with E-state index in [0.29, 0.717) is 16.7 Å². The highest BCUT2D eigenvalue weighted by Gasteiger charge is 2.56. The highest BCUT2D eigenvalue weighted by atomic mass is 16.3. The zero-order valence-corrected chi connectivity index (χ0v) is 15.4. The lowest BCUT2D eigenvalue weighted by Crippen LogP contribution is -2.53. The van der Waals surface area contributed by atoms with Gasteiger partial charge in [0, 0.05) is 0 Å². The highest BCUT2D eigenvalue weighted by molar-refractivity contribution is 5.27. The van der Waals surface area contributed by atoms with Gasteiger partial charge >= 0.3 is 0 Å². The lowest BCUT2D eigenvalue weighted by atomic mass is 9.45. The Morgan fingerprint density at radius 2 is 1.95 bits per heavy atom. The molecule has 1 heteroatoms. The number of hydrogen-bond donors (Lipinski definition) is 1. The van der Waals surface area contributed by atoms with Crippen LogP contribution in [0, 0.1) is 28.1 Å². The molecule has 1 N–H and O–H groups in total. The van der Waals surface area contributed by atoms with Crippen LogP contribution in [0.3, 0.4) is 0 Å². The van der Waals surface area contributed by atoms with Crippen LogP contribution >= 0.6 is 0 Å². The first-order chi connectivity index (χ1) is 10.3. The summed E-state index contributed by atoms with van der Waals surface area (Å²) in [6.07, 6.45) is 12.9. The van der Waals surface area contributed by atoms with Crippen molar-refractivity contribution in [1.82, 2.24) is 0 Å². The predicted molar refractivity (Wildman–Crippen MR) is 93.7 cm³/mol. The van der Waals surface area contributed by atoms with E-state index >= 15 is 0 Å². The Bertz CT molecular complexity index is 465. The minimum atomic E-state index is -0.182. The average molecular weight is 305 g/mol. The van der Waals surface area contributed by atoms with Crippen molar-refractivity contribution in [1.29, 1.82) is 0 Å². The summed E-state index contributed by atoms with van der Waals surface area (Å²) in [6, 6.07) is 0. The van der Waals surface area contributed by atoms with E-state index in [4.69, 9.17) is 0 Å². The maximum atomic E-state index is 10.5. The summed E-state index contributed by atoms with van der Waals surface area (Å²) in [6.45, 7) is 11.8. The highest BCUT2D eigenvalue weighted by Crippen LogP contribution is 2.64. The van der Waals surface area contributed by atoms with Crippen LogP contribution in [-0.2, 0) is 0 Å². The van der Waals surface area contributed by atoms with E-state index in [2.05, 4.69) is 33.8 Å². The molecule has 0 saturated heterocycles. The summed E-state index contributed by atoms with van der Waals surface area (Å²) in [5.74, 6) is 1.48. The number of hydrogen-bond acceptors (Lipinski definition) is 1. The van der Waals surface area contributed by atoms with Crippen LogP contribution in [0.4, 0.5) is 0 Å². The van der Waals surface area contributed by atoms with Gasteiger partial charge in [-0.15, -0.1) is 0 Å². The van der Waals surface area contributed by atoms with Gasteiger partial charge in [-0.2, -0.15) is 0 Å². The van der Waals surface area contributed by atoms with Crippen LogP contribution in [0.25, 0.3) is 0 Å². The van der Waals surface area contributed by atoms with Gasteiger partial charge in [-0.05, 0) is 73.5 Å². The second-order valence-corrected chi connectivity index (χ2v) is 9.51. The molecule has 0 bridgehead atoms. The fourth-order valence-corrected chi connectivity index (χ4v) is 6.33. The molecular formula is C21H36O. The standard InChI is InChI=1S/C21H36O/c1-6-19(3)13-10-17-16(14-19)8-9-18-20(4,15(2)22)11-7-12-21(17,18)5/h10,15-16,18,22H,6-9,11-14H2,1-5H3/t15?,16?,18?,19-,20-,21-/m0/s1. The van der Waals surface area contributed by atoms with Crippen molar-refractivity contribution in [3.8, 4) is 0 Å². The van der Waals surface area contributed by atoms with Gasteiger partial charge in [-0.1, -0.05) is 52.2 Å². The Morgan fingerprint density at radius 3 is 2.59 bits per heavy atom. The molecular weight excluding hydrogens is 268 g/mol. The summed E-state index contributed by atoms with van der Waals surface area (Å²) >= 11 is 0. The number of aliphatic hydroxyl groups is 1. The number of allylic oxidation sites excluding steroid dienone is 2. The zero-order chi connectivity index (χ0) is 16.2. The van der Waals surface area contributed by atoms with Crippen molar-refractivity contribution in [3.05, 3.63) is 11.6 Å². The van der Waals surface area contributed by atoms with Crippen LogP contribution in [0.5, 0.6) is 0 Å². The van der Waals surface area contributed by atoms with Gasteiger partial charge < -0.3 is 5.11 Å². The molecule has 3 aliphatic carbocycles. The normalized spacial score (nSPS) is 49.8. The maximum Gasteiger partial charge on any atom is 0.0568 e. The fourth-order valence-electron chi connectivity index (χ4n) is 6.33. The molecule has 0 aromatic carbocycles. The Morgan fingerprint density at radius 1 is 1.23 bits per heavy atom. The van der Waals surface area contributed by atoms with E-state index in [-0.39, 0.29) is 11.5 Å². The Kier molecular flexibility index (Phi) is 4.04. The monoisotopic (exact) mass is 304 g/mol. The molecule has 2 saturated carbocycles. The second-order valence-electron chi connectivity index (χ2n) is 9.51. The first-order valence-corrected chi connectivity index (χ1v) is 9.64. The Hall–Kier alpha value is -0.300. The van der Waals surface area contributed by atoms with Crippen molar-refractivity contribution in [2.45, 2.75) is 92.1 Å². The van der Waals surface area contributed by atoms with Crippen molar-refractivity contribution < 1.29 is 5.11 Å². The number of aliphatic hydroxyl groups excluding tert-OH is 1. The third-order valence-electron chi connectivity index (χ3n) is 8.24. The summed E-state index contributed by atoms with van der Waals surface area (Å²) < 4.78 is 0. The third-order valence-corrected chi connectivity index (χ3v) is 8.24. The molecule has 1 nitrogen and oxygen atoms in total. The molecule has 0 heterocycles. The van der Waals surface area contributed by atoms with Crippen molar-refractivity contribution in [3.63, 3.8) is 0 Å². The van der Waals surface area contributed by atoms with E-state index in [1.165, 1.54) is 51.4 Å². The van der Waals surface area contributed by atoms with Crippen LogP contribution in [0.2, 0.25) is 0 Å². The molecule has 0 radical (unpaired) electrons. The molecule has 0 aromatic heterocycles. The van der Waals surface area contributed by atoms with Crippen LogP contribution in [0.1, 0.15) is 86.0 Å². The fraction of sp³-hybridized carbons (Fsp3) is 0.905. The molecule has 0 aliphatic heterocycles. The Labute approximate surface area is 137 Å². The van der Waals surface area contributed by atoms with Crippen molar-refractivity contribution in [2.75, 3.05) is 0 Å². The molecule has 22 heavy (non-hydrogen) atoms. The molecule has 0 aromatic rings. The molecule has 3 aliphatic rings. The Balaban J connectivity index is 1.96. The molecule has 3 unspecified atom stereocenters. The van der Waals surface area contributed by atoms with Crippen LogP contribution in [0.15, 0.2) is 11.6 Å². The van der Waals surface area contributed by atoms with Gasteiger partial charge in [0.25, 0.3) is 0 Å². The summed E-state index contributed by atoms with van der Waals surface area (Å²) in [4.78, 5) is 0. The van der Waals surface area contributed by atoms with Gasteiger partial charge in [0.15, 0.2) is 0 Å². The van der Waals surface area contributed by atoms with E-state index in [9.17, 15) is 5.11 Å². The predicted octanol–water partition coefficient (Wildman–Crippen LogP) is 5.73. The maximum absolute atomic E-state index is 10.5. The largest absolute Gasteiger partial charge is 0.393 e. The summed E-state index contributed by atoms with van der Waals surface area (Å²) in [7, 11) is 0. The zero-order valence-electron chi connectivity index (χ0n) is 15.4. The quantitative estimate of drug-likeness (QED) is 0.646. The van der Waals surface area contributed by atoms with E-state index in [0.717, 1.165) is 5.92 Å². The van der Waals surface area contributed by atoms with Gasteiger partial charge in [0.2, 0.25) is 0 Å². The first-order valence-electron chi connectivity index (χ1n) is 9.64. The average Bonchev–Trinajstić information content (AvgIpc) is 2.46. The van der Waals surface area contributed by atoms with E-state index in [1.54, 1.807) is 5.57 Å². The first kappa shape index (κ1) is 16.6. The molecule has 0 amide bonds.